The lowest BCUT2D eigenvalue weighted by Crippen LogP contribution is -2.40. The van der Waals surface area contributed by atoms with E-state index < -0.39 is 0 Å². The number of ether oxygens (including phenoxy) is 2. The van der Waals surface area contributed by atoms with Gasteiger partial charge in [0, 0.05) is 12.6 Å². The second-order valence-corrected chi connectivity index (χ2v) is 4.92. The highest BCUT2D eigenvalue weighted by Crippen LogP contribution is 2.26. The van der Waals surface area contributed by atoms with Crippen molar-refractivity contribution in [2.45, 2.75) is 31.7 Å². The quantitative estimate of drug-likeness (QED) is 0.817. The fraction of sp³-hybridized carbons (Fsp3) is 0.467. The van der Waals surface area contributed by atoms with Crippen LogP contribution >= 0.6 is 0 Å². The maximum absolute atomic E-state index is 5.53. The molecule has 3 rings (SSSR count). The van der Waals surface area contributed by atoms with E-state index in [1.807, 2.05) is 0 Å². The summed E-state index contributed by atoms with van der Waals surface area (Å²) in [5, 5.41) is 0. The van der Waals surface area contributed by atoms with Gasteiger partial charge in [-0.25, -0.2) is 0 Å². The zero-order valence-electron chi connectivity index (χ0n) is 10.5. The van der Waals surface area contributed by atoms with Crippen molar-refractivity contribution in [2.75, 3.05) is 13.3 Å². The van der Waals surface area contributed by atoms with Gasteiger partial charge in [-0.1, -0.05) is 30.3 Å². The van der Waals surface area contributed by atoms with Crippen LogP contribution in [0.2, 0.25) is 0 Å². The molecule has 1 aromatic carbocycles. The first kappa shape index (κ1) is 11.5. The van der Waals surface area contributed by atoms with E-state index in [1.54, 1.807) is 6.26 Å². The van der Waals surface area contributed by atoms with Crippen molar-refractivity contribution >= 4 is 0 Å². The predicted octanol–water partition coefficient (Wildman–Crippen LogP) is 2.89. The first-order valence-electron chi connectivity index (χ1n) is 6.68. The molecule has 0 saturated carbocycles. The lowest BCUT2D eigenvalue weighted by atomic mass is 9.96. The molecule has 0 amide bonds. The molecular formula is C15H19NO2. The topological polar surface area (TPSA) is 21.7 Å². The van der Waals surface area contributed by atoms with E-state index in [-0.39, 0.29) is 0 Å². The molecule has 0 aliphatic carbocycles. The molecule has 1 fully saturated rings. The minimum atomic E-state index is 0.365. The van der Waals surface area contributed by atoms with Gasteiger partial charge in [-0.3, -0.25) is 0 Å². The fourth-order valence-electron chi connectivity index (χ4n) is 2.77. The SMILES string of the molecule is C1=C(N2CCCCC2Cc2ccccc2)OCO1. The first-order valence-corrected chi connectivity index (χ1v) is 6.68. The van der Waals surface area contributed by atoms with E-state index in [2.05, 4.69) is 35.2 Å². The number of benzene rings is 1. The van der Waals surface area contributed by atoms with Crippen LogP contribution in [0.1, 0.15) is 24.8 Å². The summed E-state index contributed by atoms with van der Waals surface area (Å²) in [6.07, 6.45) is 6.62. The maximum atomic E-state index is 5.53. The van der Waals surface area contributed by atoms with Crippen molar-refractivity contribution in [3.63, 3.8) is 0 Å². The zero-order chi connectivity index (χ0) is 12.2. The third-order valence-corrected chi connectivity index (χ3v) is 3.68. The summed E-state index contributed by atoms with van der Waals surface area (Å²) in [6, 6.07) is 11.2. The Balaban J connectivity index is 1.71. The zero-order valence-corrected chi connectivity index (χ0v) is 10.5. The number of rotatable bonds is 3. The summed E-state index contributed by atoms with van der Waals surface area (Å²) in [5.41, 5.74) is 1.40. The summed E-state index contributed by atoms with van der Waals surface area (Å²) in [4.78, 5) is 2.36. The van der Waals surface area contributed by atoms with Gasteiger partial charge in [-0.2, -0.15) is 0 Å². The Morgan fingerprint density at radius 3 is 2.83 bits per heavy atom. The van der Waals surface area contributed by atoms with E-state index in [4.69, 9.17) is 9.47 Å². The number of piperidine rings is 1. The summed E-state index contributed by atoms with van der Waals surface area (Å²) in [6.45, 7) is 1.44. The molecule has 1 saturated heterocycles. The van der Waals surface area contributed by atoms with Crippen LogP contribution in [0, 0.1) is 0 Å². The molecule has 18 heavy (non-hydrogen) atoms. The van der Waals surface area contributed by atoms with E-state index in [9.17, 15) is 0 Å². The highest BCUT2D eigenvalue weighted by molar-refractivity contribution is 5.16. The Hall–Kier alpha value is -1.64. The molecule has 3 heteroatoms. The number of likely N-dealkylation sites (tertiary alicyclic amines) is 1. The third kappa shape index (κ3) is 2.45. The van der Waals surface area contributed by atoms with E-state index in [1.165, 1.54) is 24.8 Å². The Kier molecular flexibility index (Phi) is 3.40. The number of hydrogen-bond donors (Lipinski definition) is 0. The van der Waals surface area contributed by atoms with Crippen molar-refractivity contribution in [1.29, 1.82) is 0 Å². The molecule has 96 valence electrons. The van der Waals surface area contributed by atoms with Crippen LogP contribution in [0.15, 0.2) is 42.5 Å². The van der Waals surface area contributed by atoms with Crippen LogP contribution in [0.5, 0.6) is 0 Å². The highest BCUT2D eigenvalue weighted by atomic mass is 16.7. The summed E-state index contributed by atoms with van der Waals surface area (Å²) in [5.74, 6) is 0.913. The Bertz CT molecular complexity index is 416. The van der Waals surface area contributed by atoms with Gasteiger partial charge in [0.05, 0.1) is 0 Å². The van der Waals surface area contributed by atoms with Gasteiger partial charge in [-0.15, -0.1) is 0 Å². The monoisotopic (exact) mass is 245 g/mol. The average molecular weight is 245 g/mol. The first-order chi connectivity index (χ1) is 8.93. The Labute approximate surface area is 108 Å². The van der Waals surface area contributed by atoms with Crippen molar-refractivity contribution in [3.8, 4) is 0 Å². The molecule has 2 heterocycles. The molecule has 0 spiro atoms. The second kappa shape index (κ2) is 5.34. The van der Waals surface area contributed by atoms with Gasteiger partial charge in [0.15, 0.2) is 0 Å². The normalized spacial score (nSPS) is 23.2. The molecule has 3 nitrogen and oxygen atoms in total. The van der Waals surface area contributed by atoms with Gasteiger partial charge in [0.1, 0.15) is 6.26 Å². The van der Waals surface area contributed by atoms with Crippen molar-refractivity contribution in [2.24, 2.45) is 0 Å². The molecule has 1 unspecified atom stereocenters. The molecule has 0 bridgehead atoms. The van der Waals surface area contributed by atoms with Gasteiger partial charge in [-0.05, 0) is 31.2 Å². The van der Waals surface area contributed by atoms with Crippen molar-refractivity contribution in [3.05, 3.63) is 48.0 Å². The largest absolute Gasteiger partial charge is 0.459 e. The molecule has 0 N–H and O–H groups in total. The summed E-state index contributed by atoms with van der Waals surface area (Å²) >= 11 is 0. The van der Waals surface area contributed by atoms with Gasteiger partial charge >= 0.3 is 0 Å². The molecule has 0 radical (unpaired) electrons. The van der Waals surface area contributed by atoms with Crippen LogP contribution < -0.4 is 0 Å². The Morgan fingerprint density at radius 2 is 2.06 bits per heavy atom. The molecule has 0 aromatic heterocycles. The molecule has 2 aliphatic rings. The van der Waals surface area contributed by atoms with Crippen LogP contribution in [-0.2, 0) is 15.9 Å². The van der Waals surface area contributed by atoms with Crippen molar-refractivity contribution in [1.82, 2.24) is 4.90 Å². The average Bonchev–Trinajstić information content (AvgIpc) is 2.94. The predicted molar refractivity (Wildman–Crippen MR) is 69.6 cm³/mol. The van der Waals surface area contributed by atoms with E-state index in [0.29, 0.717) is 12.8 Å². The minimum Gasteiger partial charge on any atom is -0.459 e. The van der Waals surface area contributed by atoms with E-state index >= 15 is 0 Å². The number of hydrogen-bond acceptors (Lipinski definition) is 3. The summed E-state index contributed by atoms with van der Waals surface area (Å²) in [7, 11) is 0. The summed E-state index contributed by atoms with van der Waals surface area (Å²) < 4.78 is 10.7. The minimum absolute atomic E-state index is 0.365. The van der Waals surface area contributed by atoms with Gasteiger partial charge in [0.2, 0.25) is 12.7 Å². The molecular weight excluding hydrogens is 226 g/mol. The fourth-order valence-corrected chi connectivity index (χ4v) is 2.77. The standard InChI is InChI=1S/C15H19NO2/c1-2-6-13(7-3-1)10-14-8-4-5-9-16(14)15-11-17-12-18-15/h1-3,6-7,11,14H,4-5,8-10,12H2. The van der Waals surface area contributed by atoms with Crippen molar-refractivity contribution < 1.29 is 9.47 Å². The maximum Gasteiger partial charge on any atom is 0.232 e. The molecule has 2 aliphatic heterocycles. The van der Waals surface area contributed by atoms with Crippen LogP contribution in [0.25, 0.3) is 0 Å². The highest BCUT2D eigenvalue weighted by Gasteiger charge is 2.27. The van der Waals surface area contributed by atoms with Crippen LogP contribution in [-0.4, -0.2) is 24.3 Å². The molecule has 1 aromatic rings. The Morgan fingerprint density at radius 1 is 1.17 bits per heavy atom. The van der Waals surface area contributed by atoms with E-state index in [0.717, 1.165) is 18.8 Å². The molecule has 1 atom stereocenters. The lowest BCUT2D eigenvalue weighted by Gasteiger charge is -2.36. The second-order valence-electron chi connectivity index (χ2n) is 4.92. The third-order valence-electron chi connectivity index (χ3n) is 3.68. The van der Waals surface area contributed by atoms with Gasteiger partial charge in [0.25, 0.3) is 0 Å². The van der Waals surface area contributed by atoms with Crippen LogP contribution in [0.3, 0.4) is 0 Å². The smallest absolute Gasteiger partial charge is 0.232 e. The number of nitrogens with zero attached hydrogens (tertiary/aromatic N) is 1. The van der Waals surface area contributed by atoms with Crippen LogP contribution in [0.4, 0.5) is 0 Å². The van der Waals surface area contributed by atoms with Gasteiger partial charge < -0.3 is 14.4 Å². The lowest BCUT2D eigenvalue weighted by molar-refractivity contribution is 0.0292.